The summed E-state index contributed by atoms with van der Waals surface area (Å²) in [4.78, 5) is 10.6. The third-order valence-electron chi connectivity index (χ3n) is 1.97. The van der Waals surface area contributed by atoms with Crippen LogP contribution in [0.25, 0.3) is 0 Å². The molecule has 1 aromatic rings. The first kappa shape index (κ1) is 13.0. The molecular formula is C9H10ClNO4S. The highest BCUT2D eigenvalue weighted by atomic mass is 35.5. The molecule has 88 valence electrons. The van der Waals surface area contributed by atoms with Gasteiger partial charge >= 0.3 is 5.97 Å². The van der Waals surface area contributed by atoms with E-state index >= 15 is 0 Å². The Morgan fingerprint density at radius 2 is 2.06 bits per heavy atom. The quantitative estimate of drug-likeness (QED) is 0.842. The maximum atomic E-state index is 11.4. The van der Waals surface area contributed by atoms with Crippen molar-refractivity contribution in [2.45, 2.75) is 10.9 Å². The minimum atomic E-state index is -3.53. The minimum Gasteiger partial charge on any atom is -0.480 e. The molecule has 5 nitrogen and oxygen atoms in total. The molecule has 1 atom stereocenters. The summed E-state index contributed by atoms with van der Waals surface area (Å²) in [6, 6.07) is 2.45. The number of hydrogen-bond donors (Lipinski definition) is 2. The zero-order chi connectivity index (χ0) is 12.5. The SMILES string of the molecule is CS(=O)(=O)c1ccc(Cl)cc1C(N)C(=O)O. The van der Waals surface area contributed by atoms with Crippen molar-refractivity contribution < 1.29 is 18.3 Å². The highest BCUT2D eigenvalue weighted by Gasteiger charge is 2.23. The highest BCUT2D eigenvalue weighted by molar-refractivity contribution is 7.90. The average Bonchev–Trinajstić information content (AvgIpc) is 2.14. The molecule has 0 saturated carbocycles. The molecule has 0 saturated heterocycles. The van der Waals surface area contributed by atoms with Crippen molar-refractivity contribution in [1.29, 1.82) is 0 Å². The summed E-state index contributed by atoms with van der Waals surface area (Å²) in [5, 5.41) is 8.99. The van der Waals surface area contributed by atoms with Gasteiger partial charge in [-0.15, -0.1) is 0 Å². The van der Waals surface area contributed by atoms with E-state index in [9.17, 15) is 13.2 Å². The average molecular weight is 264 g/mol. The molecule has 0 bridgehead atoms. The van der Waals surface area contributed by atoms with Crippen molar-refractivity contribution in [2.24, 2.45) is 5.73 Å². The van der Waals surface area contributed by atoms with E-state index in [1.54, 1.807) is 0 Å². The van der Waals surface area contributed by atoms with E-state index < -0.39 is 21.8 Å². The molecule has 1 aromatic carbocycles. The fraction of sp³-hybridized carbons (Fsp3) is 0.222. The van der Waals surface area contributed by atoms with Gasteiger partial charge in [0, 0.05) is 16.8 Å². The summed E-state index contributed by atoms with van der Waals surface area (Å²) >= 11 is 5.67. The first-order chi connectivity index (χ1) is 7.23. The predicted octanol–water partition coefficient (Wildman–Crippen LogP) is 0.828. The number of carboxylic acid groups (broad SMARTS) is 1. The van der Waals surface area contributed by atoms with Crippen LogP contribution in [-0.2, 0) is 14.6 Å². The number of sulfone groups is 1. The first-order valence-corrected chi connectivity index (χ1v) is 6.48. The molecule has 1 unspecified atom stereocenters. The maximum absolute atomic E-state index is 11.4. The van der Waals surface area contributed by atoms with Gasteiger partial charge in [-0.3, -0.25) is 4.79 Å². The fourth-order valence-electron chi connectivity index (χ4n) is 1.23. The molecule has 0 aliphatic carbocycles. The molecule has 0 radical (unpaired) electrons. The van der Waals surface area contributed by atoms with Crippen molar-refractivity contribution in [3.8, 4) is 0 Å². The third-order valence-corrected chi connectivity index (χ3v) is 3.38. The van der Waals surface area contributed by atoms with Gasteiger partial charge in [0.05, 0.1) is 4.90 Å². The lowest BCUT2D eigenvalue weighted by Crippen LogP contribution is -2.23. The number of halogens is 1. The fourth-order valence-corrected chi connectivity index (χ4v) is 2.34. The van der Waals surface area contributed by atoms with Crippen LogP contribution in [0.3, 0.4) is 0 Å². The molecule has 0 aromatic heterocycles. The maximum Gasteiger partial charge on any atom is 0.325 e. The van der Waals surface area contributed by atoms with Gasteiger partial charge in [0.15, 0.2) is 9.84 Å². The Bertz CT molecular complexity index is 526. The van der Waals surface area contributed by atoms with Crippen LogP contribution in [0.4, 0.5) is 0 Å². The Hall–Kier alpha value is -1.11. The Labute approximate surface area is 97.8 Å². The van der Waals surface area contributed by atoms with Crippen LogP contribution in [0.15, 0.2) is 23.1 Å². The summed E-state index contributed by atoms with van der Waals surface area (Å²) < 4.78 is 22.8. The second-order valence-corrected chi connectivity index (χ2v) is 5.69. The van der Waals surface area contributed by atoms with Crippen molar-refractivity contribution in [2.75, 3.05) is 6.26 Å². The lowest BCUT2D eigenvalue weighted by atomic mass is 10.1. The lowest BCUT2D eigenvalue weighted by Gasteiger charge is -2.12. The van der Waals surface area contributed by atoms with Gasteiger partial charge in [-0.25, -0.2) is 8.42 Å². The van der Waals surface area contributed by atoms with Crippen molar-refractivity contribution >= 4 is 27.4 Å². The zero-order valence-electron chi connectivity index (χ0n) is 8.34. The van der Waals surface area contributed by atoms with Gasteiger partial charge in [-0.2, -0.15) is 0 Å². The number of carbonyl (C=O) groups is 1. The van der Waals surface area contributed by atoms with Crippen LogP contribution in [0.5, 0.6) is 0 Å². The second-order valence-electron chi connectivity index (χ2n) is 3.27. The molecule has 0 amide bonds. The van der Waals surface area contributed by atoms with Crippen molar-refractivity contribution in [3.63, 3.8) is 0 Å². The molecule has 0 aliphatic heterocycles. The monoisotopic (exact) mass is 263 g/mol. The Kier molecular flexibility index (Phi) is 3.57. The Morgan fingerprint density at radius 1 is 1.50 bits per heavy atom. The minimum absolute atomic E-state index is 0.0116. The van der Waals surface area contributed by atoms with Gasteiger partial charge in [0.25, 0.3) is 0 Å². The number of aliphatic carboxylic acids is 1. The first-order valence-electron chi connectivity index (χ1n) is 4.21. The van der Waals surface area contributed by atoms with Gasteiger partial charge in [-0.05, 0) is 18.2 Å². The van der Waals surface area contributed by atoms with Gasteiger partial charge < -0.3 is 10.8 Å². The van der Waals surface area contributed by atoms with Crippen molar-refractivity contribution in [1.82, 2.24) is 0 Å². The third kappa shape index (κ3) is 2.72. The topological polar surface area (TPSA) is 97.5 Å². The molecule has 0 fully saturated rings. The van der Waals surface area contributed by atoms with Crippen LogP contribution < -0.4 is 5.73 Å². The van der Waals surface area contributed by atoms with Gasteiger partial charge in [-0.1, -0.05) is 11.6 Å². The molecule has 16 heavy (non-hydrogen) atoms. The number of carboxylic acids is 1. The van der Waals surface area contributed by atoms with Crippen LogP contribution >= 0.6 is 11.6 Å². The normalized spacial score (nSPS) is 13.4. The van der Waals surface area contributed by atoms with E-state index in [1.807, 2.05) is 0 Å². The standard InChI is InChI=1S/C9H10ClNO4S/c1-16(14,15)7-3-2-5(10)4-6(7)8(11)9(12)13/h2-4,8H,11H2,1H3,(H,12,13). The van der Waals surface area contributed by atoms with Gasteiger partial charge in [0.1, 0.15) is 6.04 Å². The Balaban J connectivity index is 3.47. The molecule has 3 N–H and O–H groups in total. The van der Waals surface area contributed by atoms with Gasteiger partial charge in [0.2, 0.25) is 0 Å². The number of benzene rings is 1. The van der Waals surface area contributed by atoms with Crippen LogP contribution in [0.1, 0.15) is 11.6 Å². The number of rotatable bonds is 3. The summed E-state index contributed by atoms with van der Waals surface area (Å²) in [7, 11) is -3.53. The largest absolute Gasteiger partial charge is 0.480 e. The van der Waals surface area contributed by atoms with E-state index in [-0.39, 0.29) is 15.5 Å². The molecule has 7 heteroatoms. The molecule has 1 rings (SSSR count). The highest BCUT2D eigenvalue weighted by Crippen LogP contribution is 2.25. The Morgan fingerprint density at radius 3 is 2.50 bits per heavy atom. The second kappa shape index (κ2) is 4.40. The van der Waals surface area contributed by atoms with Crippen LogP contribution in [-0.4, -0.2) is 25.7 Å². The smallest absolute Gasteiger partial charge is 0.325 e. The van der Waals surface area contributed by atoms with E-state index in [0.29, 0.717) is 0 Å². The van der Waals surface area contributed by atoms with E-state index in [2.05, 4.69) is 0 Å². The lowest BCUT2D eigenvalue weighted by molar-refractivity contribution is -0.138. The summed E-state index contributed by atoms with van der Waals surface area (Å²) in [5.74, 6) is -1.31. The summed E-state index contributed by atoms with van der Waals surface area (Å²) in [6.45, 7) is 0. The molecule has 0 heterocycles. The predicted molar refractivity (Wildman–Crippen MR) is 59.1 cm³/mol. The van der Waals surface area contributed by atoms with Crippen LogP contribution in [0.2, 0.25) is 5.02 Å². The van der Waals surface area contributed by atoms with E-state index in [0.717, 1.165) is 6.26 Å². The zero-order valence-corrected chi connectivity index (χ0v) is 9.92. The van der Waals surface area contributed by atoms with E-state index in [4.69, 9.17) is 22.4 Å². The number of hydrogen-bond acceptors (Lipinski definition) is 4. The summed E-state index contributed by atoms with van der Waals surface area (Å²) in [6.07, 6.45) is 0.980. The molecule has 0 aliphatic rings. The molecule has 0 spiro atoms. The summed E-state index contributed by atoms with van der Waals surface area (Å²) in [5.41, 5.74) is 5.37. The van der Waals surface area contributed by atoms with Crippen molar-refractivity contribution in [3.05, 3.63) is 28.8 Å². The van der Waals surface area contributed by atoms with Crippen LogP contribution in [0, 0.1) is 0 Å². The molecular weight excluding hydrogens is 254 g/mol. The number of nitrogens with two attached hydrogens (primary N) is 1. The van der Waals surface area contributed by atoms with E-state index in [1.165, 1.54) is 18.2 Å².